The number of aromatic nitrogens is 2. The summed E-state index contributed by atoms with van der Waals surface area (Å²) in [7, 11) is 1.23. The second-order valence-corrected chi connectivity index (χ2v) is 15.6. The van der Waals surface area contributed by atoms with Gasteiger partial charge in [0.2, 0.25) is 19.1 Å². The van der Waals surface area contributed by atoms with Gasteiger partial charge in [0.05, 0.1) is 38.6 Å². The maximum absolute atomic E-state index is 14.0. The van der Waals surface area contributed by atoms with E-state index in [-0.39, 0.29) is 44.5 Å². The summed E-state index contributed by atoms with van der Waals surface area (Å²) in [4.78, 5) is 65.7. The number of carbonyl (C=O) groups is 4. The highest BCUT2D eigenvalue weighted by Crippen LogP contribution is 2.42. The van der Waals surface area contributed by atoms with Crippen LogP contribution in [0.2, 0.25) is 0 Å². The van der Waals surface area contributed by atoms with Gasteiger partial charge in [0.1, 0.15) is 18.4 Å². The highest BCUT2D eigenvalue weighted by atomic mass is 16.7. The summed E-state index contributed by atoms with van der Waals surface area (Å²) in [6.07, 6.45) is 6.89. The molecule has 8 rings (SSSR count). The largest absolute Gasteiger partial charge is 0.454 e. The molecule has 0 radical (unpaired) electrons. The highest BCUT2D eigenvalue weighted by molar-refractivity contribution is 5.84. The Bertz CT molecular complexity index is 2310. The summed E-state index contributed by atoms with van der Waals surface area (Å²) in [5.74, 6) is 1.79. The number of likely N-dealkylation sites (tertiary alicyclic amines) is 1. The number of urea groups is 1. The molecule has 15 nitrogen and oxygen atoms in total. The molecule has 2 unspecified atom stereocenters. The molecule has 5 amide bonds. The third-order valence-corrected chi connectivity index (χ3v) is 12.0. The number of carbonyl (C=O) groups excluding carboxylic acids is 4. The van der Waals surface area contributed by atoms with Gasteiger partial charge < -0.3 is 49.4 Å². The number of alkyl carbamates (subject to hydrolysis) is 1. The number of amides is 5. The number of allylic oxidation sites excluding steroid dienone is 1. The minimum Gasteiger partial charge on any atom is -0.454 e. The average molecular weight is 815 g/mol. The second kappa shape index (κ2) is 17.2. The Kier molecular flexibility index (Phi) is 11.5. The fraction of sp³-hybridized carbons (Fsp3) is 0.356. The summed E-state index contributed by atoms with van der Waals surface area (Å²) < 4.78 is 15.9. The van der Waals surface area contributed by atoms with Crippen LogP contribution in [0.25, 0.3) is 28.0 Å². The van der Waals surface area contributed by atoms with Crippen LogP contribution in [0.1, 0.15) is 61.7 Å². The van der Waals surface area contributed by atoms with Crippen LogP contribution in [0.15, 0.2) is 85.3 Å². The van der Waals surface area contributed by atoms with Gasteiger partial charge in [0.25, 0.3) is 0 Å². The first-order valence-electron chi connectivity index (χ1n) is 20.3. The maximum Gasteiger partial charge on any atom is 0.407 e. The molecule has 0 saturated carbocycles. The SMILES string of the molecule is C=C(N/C=C(/c1ccc(-c2ccc(-c3c[nH]c([C@@H]4CN(C(=O)N5Cc6ccc7c(c6C5)OCO7)CN4C(=O)CNC(=O)OC)n3)cc2)cc1)C(C)CC)C1CCCN1C=O. The number of fused-ring (bicyclic) bond motifs is 3. The highest BCUT2D eigenvalue weighted by Gasteiger charge is 2.41. The Morgan fingerprint density at radius 3 is 2.50 bits per heavy atom. The lowest BCUT2D eigenvalue weighted by Crippen LogP contribution is -2.43. The molecule has 1 aromatic heterocycles. The first-order valence-corrected chi connectivity index (χ1v) is 20.3. The molecule has 2 saturated heterocycles. The van der Waals surface area contributed by atoms with Gasteiger partial charge in [-0.2, -0.15) is 0 Å². The molecule has 3 atom stereocenters. The Hall–Kier alpha value is -6.77. The number of methoxy groups -OCH3 is 1. The monoisotopic (exact) mass is 814 g/mol. The summed E-state index contributed by atoms with van der Waals surface area (Å²) >= 11 is 0. The fourth-order valence-electron chi connectivity index (χ4n) is 8.40. The Morgan fingerprint density at radius 1 is 1.02 bits per heavy atom. The van der Waals surface area contributed by atoms with Gasteiger partial charge in [-0.3, -0.25) is 9.59 Å². The van der Waals surface area contributed by atoms with E-state index in [1.807, 2.05) is 35.4 Å². The van der Waals surface area contributed by atoms with Crippen molar-refractivity contribution in [1.29, 1.82) is 0 Å². The van der Waals surface area contributed by atoms with E-state index in [1.165, 1.54) is 12.7 Å². The topological polar surface area (TPSA) is 162 Å². The van der Waals surface area contributed by atoms with Gasteiger partial charge in [-0.1, -0.05) is 75.0 Å². The van der Waals surface area contributed by atoms with Crippen LogP contribution in [0.4, 0.5) is 9.59 Å². The lowest BCUT2D eigenvalue weighted by atomic mass is 9.91. The van der Waals surface area contributed by atoms with Crippen molar-refractivity contribution in [2.24, 2.45) is 5.92 Å². The first-order chi connectivity index (χ1) is 29.1. The molecule has 3 N–H and O–H groups in total. The average Bonchev–Trinajstić information content (AvgIpc) is 4.14. The van der Waals surface area contributed by atoms with Crippen molar-refractivity contribution < 1.29 is 33.4 Å². The van der Waals surface area contributed by atoms with E-state index in [0.29, 0.717) is 42.0 Å². The number of imidazole rings is 1. The zero-order chi connectivity index (χ0) is 41.9. The molecule has 0 bridgehead atoms. The van der Waals surface area contributed by atoms with Gasteiger partial charge in [-0.05, 0) is 59.1 Å². The lowest BCUT2D eigenvalue weighted by Gasteiger charge is -2.24. The number of H-pyrrole nitrogens is 1. The van der Waals surface area contributed by atoms with E-state index in [0.717, 1.165) is 71.3 Å². The number of nitrogens with one attached hydrogen (secondary N) is 3. The lowest BCUT2D eigenvalue weighted by molar-refractivity contribution is -0.131. The zero-order valence-corrected chi connectivity index (χ0v) is 34.1. The van der Waals surface area contributed by atoms with Crippen LogP contribution >= 0.6 is 0 Å². The Morgan fingerprint density at radius 2 is 1.77 bits per heavy atom. The Labute approximate surface area is 349 Å². The summed E-state index contributed by atoms with van der Waals surface area (Å²) in [5.41, 5.74) is 8.73. The molecule has 4 aliphatic rings. The fourth-order valence-corrected chi connectivity index (χ4v) is 8.40. The molecule has 3 aromatic carbocycles. The predicted molar refractivity (Wildman–Crippen MR) is 224 cm³/mol. The van der Waals surface area contributed by atoms with Gasteiger partial charge in [-0.15, -0.1) is 0 Å². The molecule has 0 spiro atoms. The summed E-state index contributed by atoms with van der Waals surface area (Å²) in [6, 6.07) is 19.7. The van der Waals surface area contributed by atoms with Gasteiger partial charge in [0, 0.05) is 42.3 Å². The summed E-state index contributed by atoms with van der Waals surface area (Å²) in [5, 5.41) is 5.87. The molecule has 15 heteroatoms. The van der Waals surface area contributed by atoms with Crippen LogP contribution in [0.3, 0.4) is 0 Å². The quantitative estimate of drug-likeness (QED) is 0.141. The standard InChI is InChI=1S/C45H50N8O7/c1-5-28(2)35(19-46-29(3)38-7-6-18-50(38)26-54)32-12-8-30(9-13-32)31-10-14-33(15-11-31)37-20-47-43(49-37)39-24-52(25-53(39)41(55)21-48-44(56)58-4)45(57)51-22-34-16-17-40-42(36(34)23-51)60-27-59-40/h8-17,19-20,26,28,38-39,46H,3,5-7,18,21-25,27H2,1-2,4H3,(H,47,49)(H,48,56)/b35-19+/t28?,38?,39-/m0/s1. The first kappa shape index (κ1) is 40.0. The zero-order valence-electron chi connectivity index (χ0n) is 34.1. The molecular weight excluding hydrogens is 765 g/mol. The van der Waals surface area contributed by atoms with E-state index in [1.54, 1.807) is 20.9 Å². The number of nitrogens with zero attached hydrogens (tertiary/aromatic N) is 5. The van der Waals surface area contributed by atoms with E-state index >= 15 is 0 Å². The Balaban J connectivity index is 0.957. The molecule has 5 heterocycles. The molecule has 2 fully saturated rings. The van der Waals surface area contributed by atoms with E-state index in [2.05, 4.69) is 77.2 Å². The van der Waals surface area contributed by atoms with Crippen LogP contribution in [-0.2, 0) is 27.4 Å². The van der Waals surface area contributed by atoms with Crippen molar-refractivity contribution in [1.82, 2.24) is 40.2 Å². The molecule has 0 aliphatic carbocycles. The minimum atomic E-state index is -0.726. The van der Waals surface area contributed by atoms with Crippen molar-refractivity contribution in [3.8, 4) is 33.9 Å². The van der Waals surface area contributed by atoms with Crippen molar-refractivity contribution >= 4 is 30.0 Å². The number of rotatable bonds is 12. The molecule has 4 aliphatic heterocycles. The van der Waals surface area contributed by atoms with Crippen molar-refractivity contribution in [2.75, 3.05) is 40.2 Å². The van der Waals surface area contributed by atoms with Crippen molar-refractivity contribution in [2.45, 2.75) is 58.3 Å². The van der Waals surface area contributed by atoms with E-state index in [4.69, 9.17) is 14.5 Å². The summed E-state index contributed by atoms with van der Waals surface area (Å²) in [6.45, 7) is 10.2. The third kappa shape index (κ3) is 7.98. The number of benzene rings is 3. The number of ether oxygens (including phenoxy) is 3. The normalized spacial score (nSPS) is 18.7. The van der Waals surface area contributed by atoms with Gasteiger partial charge >= 0.3 is 12.1 Å². The second-order valence-electron chi connectivity index (χ2n) is 15.6. The maximum atomic E-state index is 14.0. The van der Waals surface area contributed by atoms with Crippen LogP contribution < -0.4 is 20.1 Å². The van der Waals surface area contributed by atoms with Gasteiger partial charge in [0.15, 0.2) is 11.5 Å². The number of hydrogen-bond acceptors (Lipinski definition) is 9. The number of hydrogen-bond donors (Lipinski definition) is 3. The van der Waals surface area contributed by atoms with E-state index in [9.17, 15) is 19.2 Å². The van der Waals surface area contributed by atoms with E-state index < -0.39 is 12.1 Å². The van der Waals surface area contributed by atoms with Gasteiger partial charge in [-0.25, -0.2) is 14.6 Å². The van der Waals surface area contributed by atoms with Crippen LogP contribution in [0.5, 0.6) is 11.5 Å². The molecule has 312 valence electrons. The molecular formula is C45H50N8O7. The van der Waals surface area contributed by atoms with Crippen molar-refractivity contribution in [3.05, 3.63) is 108 Å². The van der Waals surface area contributed by atoms with Crippen molar-refractivity contribution in [3.63, 3.8) is 0 Å². The number of aromatic amines is 1. The minimum absolute atomic E-state index is 0.00713. The van der Waals surface area contributed by atoms with Crippen LogP contribution in [-0.4, -0.2) is 100 Å². The molecule has 60 heavy (non-hydrogen) atoms. The predicted octanol–water partition coefficient (Wildman–Crippen LogP) is 6.22. The smallest absolute Gasteiger partial charge is 0.407 e. The molecule has 4 aromatic rings. The van der Waals surface area contributed by atoms with Crippen LogP contribution in [0, 0.1) is 5.92 Å². The third-order valence-electron chi connectivity index (χ3n) is 12.0.